The van der Waals surface area contributed by atoms with Crippen molar-refractivity contribution in [3.8, 4) is 11.5 Å². The molecule has 0 fully saturated rings. The van der Waals surface area contributed by atoms with Gasteiger partial charge in [0.2, 0.25) is 12.7 Å². The average molecular weight is 336 g/mol. The zero-order valence-electron chi connectivity index (χ0n) is 11.8. The molecule has 1 amide bonds. The van der Waals surface area contributed by atoms with Crippen LogP contribution in [0.15, 0.2) is 36.4 Å². The first-order valence-electron chi connectivity index (χ1n) is 6.75. The molecule has 4 nitrogen and oxygen atoms in total. The van der Waals surface area contributed by atoms with Gasteiger partial charge in [-0.2, -0.15) is 0 Å². The number of ether oxygens (including phenoxy) is 2. The Hall–Kier alpha value is -1.98. The van der Waals surface area contributed by atoms with Crippen LogP contribution in [-0.2, 0) is 4.79 Å². The molecule has 0 aliphatic carbocycles. The van der Waals surface area contributed by atoms with Gasteiger partial charge in [-0.1, -0.05) is 17.7 Å². The molecular weight excluding hydrogens is 322 g/mol. The van der Waals surface area contributed by atoms with Crippen molar-refractivity contribution in [2.45, 2.75) is 13.0 Å². The molecule has 3 rings (SSSR count). The van der Waals surface area contributed by atoms with Crippen molar-refractivity contribution in [1.82, 2.24) is 5.32 Å². The van der Waals surface area contributed by atoms with E-state index in [4.69, 9.17) is 21.1 Å². The largest absolute Gasteiger partial charge is 0.454 e. The van der Waals surface area contributed by atoms with Crippen molar-refractivity contribution >= 4 is 34.9 Å². The SMILES string of the molecule is CC(NC(=O)C=Cc1ccc2c(c1)OCO2)c1ccc(Cl)s1. The molecule has 1 aliphatic rings. The Morgan fingerprint density at radius 2 is 2.14 bits per heavy atom. The normalized spacial score (nSPS) is 14.3. The van der Waals surface area contributed by atoms with E-state index in [1.54, 1.807) is 6.08 Å². The molecule has 6 heteroatoms. The zero-order valence-corrected chi connectivity index (χ0v) is 13.4. The standard InChI is InChI=1S/C16H14ClNO3S/c1-10(14-5-6-15(17)22-14)18-16(19)7-3-11-2-4-12-13(8-11)21-9-20-12/h2-8,10H,9H2,1H3,(H,18,19). The molecule has 1 aromatic carbocycles. The van der Waals surface area contributed by atoms with E-state index in [2.05, 4.69) is 5.32 Å². The van der Waals surface area contributed by atoms with Gasteiger partial charge in [0.05, 0.1) is 10.4 Å². The molecule has 0 saturated carbocycles. The molecule has 2 aromatic rings. The molecular formula is C16H14ClNO3S. The summed E-state index contributed by atoms with van der Waals surface area (Å²) in [6.45, 7) is 2.17. The molecule has 2 heterocycles. The molecule has 0 bridgehead atoms. The third-order valence-electron chi connectivity index (χ3n) is 3.20. The number of hydrogen-bond acceptors (Lipinski definition) is 4. The maximum atomic E-state index is 12.0. The molecule has 0 saturated heterocycles. The maximum absolute atomic E-state index is 12.0. The number of halogens is 1. The van der Waals surface area contributed by atoms with Crippen molar-refractivity contribution in [2.24, 2.45) is 0 Å². The van der Waals surface area contributed by atoms with Gasteiger partial charge in [-0.25, -0.2) is 0 Å². The number of carbonyl (C=O) groups excluding carboxylic acids is 1. The number of hydrogen-bond donors (Lipinski definition) is 1. The molecule has 114 valence electrons. The van der Waals surface area contributed by atoms with E-state index in [0.29, 0.717) is 10.1 Å². The average Bonchev–Trinajstić information content (AvgIpc) is 3.13. The maximum Gasteiger partial charge on any atom is 0.244 e. The molecule has 22 heavy (non-hydrogen) atoms. The fraction of sp³-hybridized carbons (Fsp3) is 0.188. The number of thiophene rings is 1. The van der Waals surface area contributed by atoms with E-state index in [1.165, 1.54) is 17.4 Å². The highest BCUT2D eigenvalue weighted by atomic mass is 35.5. The number of amides is 1. The van der Waals surface area contributed by atoms with E-state index >= 15 is 0 Å². The minimum atomic E-state index is -0.158. The van der Waals surface area contributed by atoms with E-state index in [9.17, 15) is 4.79 Å². The van der Waals surface area contributed by atoms with E-state index in [0.717, 1.165) is 16.2 Å². The molecule has 1 aliphatic heterocycles. The quantitative estimate of drug-likeness (QED) is 0.858. The monoisotopic (exact) mass is 335 g/mol. The summed E-state index contributed by atoms with van der Waals surface area (Å²) >= 11 is 7.36. The van der Waals surface area contributed by atoms with E-state index < -0.39 is 0 Å². The smallest absolute Gasteiger partial charge is 0.244 e. The summed E-state index contributed by atoms with van der Waals surface area (Å²) < 4.78 is 11.3. The minimum Gasteiger partial charge on any atom is -0.454 e. The number of nitrogens with one attached hydrogen (secondary N) is 1. The molecule has 1 aromatic heterocycles. The zero-order chi connectivity index (χ0) is 15.5. The predicted molar refractivity (Wildman–Crippen MR) is 87.5 cm³/mol. The summed E-state index contributed by atoms with van der Waals surface area (Å²) in [5.74, 6) is 1.27. The van der Waals surface area contributed by atoms with Gasteiger partial charge in [-0.05, 0) is 42.8 Å². The van der Waals surface area contributed by atoms with Gasteiger partial charge in [-0.15, -0.1) is 11.3 Å². The first-order valence-corrected chi connectivity index (χ1v) is 7.95. The van der Waals surface area contributed by atoms with Crippen LogP contribution in [-0.4, -0.2) is 12.7 Å². The van der Waals surface area contributed by atoms with Crippen molar-refractivity contribution in [1.29, 1.82) is 0 Å². The van der Waals surface area contributed by atoms with Crippen molar-refractivity contribution < 1.29 is 14.3 Å². The Balaban J connectivity index is 1.61. The van der Waals surface area contributed by atoms with Crippen LogP contribution in [0.4, 0.5) is 0 Å². The molecule has 1 N–H and O–H groups in total. The Kier molecular flexibility index (Phi) is 4.36. The van der Waals surface area contributed by atoms with Crippen LogP contribution in [0.2, 0.25) is 4.34 Å². The fourth-order valence-electron chi connectivity index (χ4n) is 2.08. The van der Waals surface area contributed by atoms with Gasteiger partial charge < -0.3 is 14.8 Å². The minimum absolute atomic E-state index is 0.0774. The highest BCUT2D eigenvalue weighted by Crippen LogP contribution is 2.32. The highest BCUT2D eigenvalue weighted by molar-refractivity contribution is 7.16. The van der Waals surface area contributed by atoms with Crippen LogP contribution in [0.1, 0.15) is 23.4 Å². The van der Waals surface area contributed by atoms with Crippen molar-refractivity contribution in [3.05, 3.63) is 51.2 Å². The topological polar surface area (TPSA) is 47.6 Å². The highest BCUT2D eigenvalue weighted by Gasteiger charge is 2.13. The molecule has 0 spiro atoms. The first-order chi connectivity index (χ1) is 10.6. The Morgan fingerprint density at radius 3 is 2.91 bits per heavy atom. The number of carbonyl (C=O) groups is 1. The van der Waals surface area contributed by atoms with Gasteiger partial charge >= 0.3 is 0 Å². The third-order valence-corrected chi connectivity index (χ3v) is 4.62. The van der Waals surface area contributed by atoms with Gasteiger partial charge in [-0.3, -0.25) is 4.79 Å². The van der Waals surface area contributed by atoms with Crippen LogP contribution in [0.25, 0.3) is 6.08 Å². The van der Waals surface area contributed by atoms with Gasteiger partial charge in [0.1, 0.15) is 0 Å². The lowest BCUT2D eigenvalue weighted by Gasteiger charge is -2.09. The summed E-state index contributed by atoms with van der Waals surface area (Å²) in [6.07, 6.45) is 3.24. The Bertz CT molecular complexity index is 726. The lowest BCUT2D eigenvalue weighted by molar-refractivity contribution is -0.117. The number of rotatable bonds is 4. The van der Waals surface area contributed by atoms with Crippen molar-refractivity contribution in [2.75, 3.05) is 6.79 Å². The second kappa shape index (κ2) is 6.42. The Morgan fingerprint density at radius 1 is 1.32 bits per heavy atom. The summed E-state index contributed by atoms with van der Waals surface area (Å²) in [6, 6.07) is 9.21. The lowest BCUT2D eigenvalue weighted by Crippen LogP contribution is -2.23. The second-order valence-electron chi connectivity index (χ2n) is 4.82. The van der Waals surface area contributed by atoms with Gasteiger partial charge in [0, 0.05) is 11.0 Å². The van der Waals surface area contributed by atoms with Gasteiger partial charge in [0.15, 0.2) is 11.5 Å². The van der Waals surface area contributed by atoms with Crippen LogP contribution in [0, 0.1) is 0 Å². The molecule has 0 radical (unpaired) electrons. The number of fused-ring (bicyclic) bond motifs is 1. The summed E-state index contributed by atoms with van der Waals surface area (Å²) in [4.78, 5) is 13.0. The first kappa shape index (κ1) is 14.9. The lowest BCUT2D eigenvalue weighted by atomic mass is 10.2. The van der Waals surface area contributed by atoms with E-state index in [1.807, 2.05) is 37.3 Å². The van der Waals surface area contributed by atoms with Crippen LogP contribution in [0.5, 0.6) is 11.5 Å². The fourth-order valence-corrected chi connectivity index (χ4v) is 3.15. The second-order valence-corrected chi connectivity index (χ2v) is 6.56. The summed E-state index contributed by atoms with van der Waals surface area (Å²) in [5.41, 5.74) is 0.881. The predicted octanol–water partition coefficient (Wildman–Crippen LogP) is 4.02. The van der Waals surface area contributed by atoms with Crippen LogP contribution < -0.4 is 14.8 Å². The number of benzene rings is 1. The van der Waals surface area contributed by atoms with Gasteiger partial charge in [0.25, 0.3) is 0 Å². The Labute approximate surface area is 137 Å². The summed E-state index contributed by atoms with van der Waals surface area (Å²) in [5, 5.41) is 2.90. The van der Waals surface area contributed by atoms with Crippen LogP contribution in [0.3, 0.4) is 0 Å². The molecule has 1 unspecified atom stereocenters. The van der Waals surface area contributed by atoms with Crippen LogP contribution >= 0.6 is 22.9 Å². The third kappa shape index (κ3) is 3.43. The van der Waals surface area contributed by atoms with E-state index in [-0.39, 0.29) is 18.7 Å². The summed E-state index contributed by atoms with van der Waals surface area (Å²) in [7, 11) is 0. The van der Waals surface area contributed by atoms with Crippen molar-refractivity contribution in [3.63, 3.8) is 0 Å². The molecule has 1 atom stereocenters.